The van der Waals surface area contributed by atoms with Crippen molar-refractivity contribution in [3.8, 4) is 5.69 Å². The predicted octanol–water partition coefficient (Wildman–Crippen LogP) is 4.96. The molecule has 1 amide bonds. The largest absolute Gasteiger partial charge is 0.295 e. The van der Waals surface area contributed by atoms with Gasteiger partial charge in [0.1, 0.15) is 11.1 Å². The van der Waals surface area contributed by atoms with Crippen LogP contribution in [0.1, 0.15) is 23.6 Å². The van der Waals surface area contributed by atoms with E-state index < -0.39 is 5.37 Å². The highest BCUT2D eigenvalue weighted by atomic mass is 35.5. The van der Waals surface area contributed by atoms with Crippen molar-refractivity contribution in [2.24, 2.45) is 7.05 Å². The van der Waals surface area contributed by atoms with E-state index in [1.165, 1.54) is 11.8 Å². The van der Waals surface area contributed by atoms with E-state index in [4.69, 9.17) is 23.2 Å². The normalized spacial score (nSPS) is 19.2. The van der Waals surface area contributed by atoms with Gasteiger partial charge in [-0.1, -0.05) is 53.5 Å². The maximum absolute atomic E-state index is 13.5. The van der Waals surface area contributed by atoms with Crippen molar-refractivity contribution in [2.45, 2.75) is 24.5 Å². The number of aromatic nitrogens is 2. The van der Waals surface area contributed by atoms with Crippen LogP contribution in [-0.2, 0) is 11.8 Å². The van der Waals surface area contributed by atoms with E-state index in [0.717, 1.165) is 11.3 Å². The first-order valence-corrected chi connectivity index (χ1v) is 10.8. The van der Waals surface area contributed by atoms with Crippen LogP contribution < -0.4 is 10.5 Å². The Morgan fingerprint density at radius 2 is 1.69 bits per heavy atom. The van der Waals surface area contributed by atoms with Crippen LogP contribution in [0, 0.1) is 6.92 Å². The van der Waals surface area contributed by atoms with Crippen LogP contribution in [-0.4, -0.2) is 20.5 Å². The maximum Gasteiger partial charge on any atom is 0.295 e. The molecule has 0 aliphatic carbocycles. The average molecular weight is 448 g/mol. The van der Waals surface area contributed by atoms with E-state index >= 15 is 0 Å². The molecule has 8 heteroatoms. The first-order valence-electron chi connectivity index (χ1n) is 9.09. The van der Waals surface area contributed by atoms with Crippen molar-refractivity contribution in [3.63, 3.8) is 0 Å². The molecule has 1 fully saturated rings. The first kappa shape index (κ1) is 20.1. The quantitative estimate of drug-likeness (QED) is 0.569. The van der Waals surface area contributed by atoms with Crippen LogP contribution in [0.25, 0.3) is 5.69 Å². The van der Waals surface area contributed by atoms with Gasteiger partial charge in [-0.05, 0) is 32.0 Å². The van der Waals surface area contributed by atoms with Crippen molar-refractivity contribution in [2.75, 3.05) is 4.90 Å². The van der Waals surface area contributed by atoms with Crippen molar-refractivity contribution in [1.82, 2.24) is 9.36 Å². The Bertz CT molecular complexity index is 1160. The third-order valence-electron chi connectivity index (χ3n) is 5.16. The summed E-state index contributed by atoms with van der Waals surface area (Å²) in [5.74, 6) is -0.123. The average Bonchev–Trinajstić information content (AvgIpc) is 3.11. The number of carbonyl (C=O) groups excluding carboxylic acids is 1. The smallest absolute Gasteiger partial charge is 0.288 e. The molecule has 4 rings (SSSR count). The van der Waals surface area contributed by atoms with Gasteiger partial charge in [-0.2, -0.15) is 0 Å². The Hall–Kier alpha value is -2.15. The summed E-state index contributed by atoms with van der Waals surface area (Å²) in [6.07, 6.45) is 0. The van der Waals surface area contributed by atoms with Gasteiger partial charge in [-0.15, -0.1) is 11.8 Å². The van der Waals surface area contributed by atoms with Gasteiger partial charge in [0.25, 0.3) is 5.56 Å². The summed E-state index contributed by atoms with van der Waals surface area (Å²) in [6.45, 7) is 3.68. The molecule has 2 atom stereocenters. The Balaban J connectivity index is 1.92. The molecule has 0 unspecified atom stereocenters. The van der Waals surface area contributed by atoms with Gasteiger partial charge in [0.05, 0.1) is 26.7 Å². The minimum atomic E-state index is -0.429. The van der Waals surface area contributed by atoms with Crippen LogP contribution in [0.4, 0.5) is 5.69 Å². The fourth-order valence-electron chi connectivity index (χ4n) is 3.61. The number of halogens is 2. The number of nitrogens with zero attached hydrogens (tertiary/aromatic N) is 3. The second-order valence-electron chi connectivity index (χ2n) is 6.89. The Kier molecular flexibility index (Phi) is 5.27. The van der Waals surface area contributed by atoms with E-state index in [1.54, 1.807) is 26.4 Å². The van der Waals surface area contributed by atoms with Gasteiger partial charge < -0.3 is 0 Å². The third-order valence-corrected chi connectivity index (χ3v) is 7.33. The van der Waals surface area contributed by atoms with Crippen molar-refractivity contribution in [1.29, 1.82) is 0 Å². The second kappa shape index (κ2) is 7.59. The summed E-state index contributed by atoms with van der Waals surface area (Å²) >= 11 is 14.1. The van der Waals surface area contributed by atoms with Gasteiger partial charge >= 0.3 is 0 Å². The minimum Gasteiger partial charge on any atom is -0.288 e. The number of thioether (sulfide) groups is 1. The van der Waals surface area contributed by atoms with Gasteiger partial charge in [-0.3, -0.25) is 19.2 Å². The van der Waals surface area contributed by atoms with E-state index in [0.29, 0.717) is 21.4 Å². The molecular formula is C21H19Cl2N3O2S. The van der Waals surface area contributed by atoms with Gasteiger partial charge in [0, 0.05) is 12.6 Å². The van der Waals surface area contributed by atoms with Crippen molar-refractivity contribution < 1.29 is 4.79 Å². The number of hydrogen-bond acceptors (Lipinski definition) is 3. The monoisotopic (exact) mass is 447 g/mol. The molecule has 2 aromatic carbocycles. The Labute approximate surface area is 182 Å². The maximum atomic E-state index is 13.5. The lowest BCUT2D eigenvalue weighted by atomic mass is 10.2. The number of benzene rings is 2. The van der Waals surface area contributed by atoms with Gasteiger partial charge in [0.2, 0.25) is 5.91 Å². The number of anilines is 1. The molecule has 1 saturated heterocycles. The number of rotatable bonds is 3. The standard InChI is InChI=1S/C21H19Cl2N3O2S/c1-12-18(20(28)26(24(12)3)14-8-5-4-6-9-14)25-19(27)13(2)29-21(25)15-10-7-11-16(22)17(15)23/h4-11,13,21H,1-3H3/t13-,21+/m0/s1. The molecule has 1 aliphatic rings. The Morgan fingerprint density at radius 3 is 2.38 bits per heavy atom. The zero-order chi connectivity index (χ0) is 20.9. The number of amides is 1. The van der Waals surface area contributed by atoms with Crippen LogP contribution in [0.5, 0.6) is 0 Å². The summed E-state index contributed by atoms with van der Waals surface area (Å²) in [5, 5.41) is 0.0830. The highest BCUT2D eigenvalue weighted by molar-refractivity contribution is 8.01. The molecule has 0 spiro atoms. The Morgan fingerprint density at radius 1 is 1.00 bits per heavy atom. The van der Waals surface area contributed by atoms with Crippen LogP contribution >= 0.6 is 35.0 Å². The number of carbonyl (C=O) groups is 1. The highest BCUT2D eigenvalue weighted by Crippen LogP contribution is 2.48. The molecule has 29 heavy (non-hydrogen) atoms. The molecule has 1 aromatic heterocycles. The number of hydrogen-bond donors (Lipinski definition) is 0. The molecular weight excluding hydrogens is 429 g/mol. The lowest BCUT2D eigenvalue weighted by molar-refractivity contribution is -0.117. The molecule has 0 radical (unpaired) electrons. The summed E-state index contributed by atoms with van der Waals surface area (Å²) in [5.41, 5.74) is 2.27. The zero-order valence-electron chi connectivity index (χ0n) is 16.1. The summed E-state index contributed by atoms with van der Waals surface area (Å²) in [7, 11) is 1.81. The second-order valence-corrected chi connectivity index (χ2v) is 9.10. The SMILES string of the molecule is Cc1c(N2C(=O)[C@H](C)S[C@@H]2c2cccc(Cl)c2Cl)c(=O)n(-c2ccccc2)n1C. The molecule has 0 bridgehead atoms. The third kappa shape index (κ3) is 3.19. The fraction of sp³-hybridized carbons (Fsp3) is 0.238. The number of para-hydroxylation sites is 1. The lowest BCUT2D eigenvalue weighted by Crippen LogP contribution is -2.34. The molecule has 0 N–H and O–H groups in total. The lowest BCUT2D eigenvalue weighted by Gasteiger charge is -2.24. The molecule has 0 saturated carbocycles. The van der Waals surface area contributed by atoms with Crippen LogP contribution in [0.15, 0.2) is 53.3 Å². The molecule has 1 aliphatic heterocycles. The van der Waals surface area contributed by atoms with E-state index in [1.807, 2.05) is 57.3 Å². The summed E-state index contributed by atoms with van der Waals surface area (Å²) in [6, 6.07) is 14.7. The minimum absolute atomic E-state index is 0.123. The summed E-state index contributed by atoms with van der Waals surface area (Å²) in [4.78, 5) is 28.2. The van der Waals surface area contributed by atoms with E-state index in [-0.39, 0.29) is 16.7 Å². The first-order chi connectivity index (χ1) is 13.8. The van der Waals surface area contributed by atoms with E-state index in [9.17, 15) is 9.59 Å². The topological polar surface area (TPSA) is 47.2 Å². The molecule has 5 nitrogen and oxygen atoms in total. The highest BCUT2D eigenvalue weighted by Gasteiger charge is 2.43. The molecule has 3 aromatic rings. The molecule has 2 heterocycles. The van der Waals surface area contributed by atoms with Crippen molar-refractivity contribution >= 4 is 46.6 Å². The van der Waals surface area contributed by atoms with Gasteiger partial charge in [-0.25, -0.2) is 4.68 Å². The van der Waals surface area contributed by atoms with Gasteiger partial charge in [0.15, 0.2) is 0 Å². The zero-order valence-corrected chi connectivity index (χ0v) is 18.4. The van der Waals surface area contributed by atoms with E-state index in [2.05, 4.69) is 0 Å². The fourth-order valence-corrected chi connectivity index (χ4v) is 5.37. The van der Waals surface area contributed by atoms with Crippen molar-refractivity contribution in [3.05, 3.63) is 80.2 Å². The molecule has 150 valence electrons. The summed E-state index contributed by atoms with van der Waals surface area (Å²) < 4.78 is 3.34. The predicted molar refractivity (Wildman–Crippen MR) is 119 cm³/mol. The van der Waals surface area contributed by atoms with Crippen LogP contribution in [0.2, 0.25) is 10.0 Å². The van der Waals surface area contributed by atoms with Crippen LogP contribution in [0.3, 0.4) is 0 Å².